The third kappa shape index (κ3) is 4.74. The van der Waals surface area contributed by atoms with Crippen LogP contribution in [-0.4, -0.2) is 0 Å². The van der Waals surface area contributed by atoms with Crippen molar-refractivity contribution in [3.05, 3.63) is 95.1 Å². The van der Waals surface area contributed by atoms with Crippen molar-refractivity contribution >= 4 is 0 Å². The normalized spacial score (nSPS) is 11.6. The van der Waals surface area contributed by atoms with E-state index in [1.165, 1.54) is 24.3 Å². The molecule has 0 aliphatic rings. The maximum Gasteiger partial charge on any atom is 0.416 e. The molecular weight excluding hydrogens is 378 g/mol. The first-order valence-electron chi connectivity index (χ1n) is 8.10. The van der Waals surface area contributed by atoms with Crippen LogP contribution in [-0.2, 0) is 12.4 Å². The average Bonchev–Trinajstić information content (AvgIpc) is 2.66. The van der Waals surface area contributed by atoms with Crippen LogP contribution < -0.4 is 0 Å². The summed E-state index contributed by atoms with van der Waals surface area (Å²) in [4.78, 5) is 0. The summed E-state index contributed by atoms with van der Waals surface area (Å²) in [5.41, 5.74) is 0.994. The Balaban J connectivity index is 1.74. The lowest BCUT2D eigenvalue weighted by molar-refractivity contribution is -0.138. The van der Waals surface area contributed by atoms with Gasteiger partial charge in [-0.25, -0.2) is 0 Å². The smallest absolute Gasteiger partial charge is 0.166 e. The molecule has 0 nitrogen and oxygen atoms in total. The number of hydrogen-bond donors (Lipinski definition) is 0. The zero-order chi connectivity index (χ0) is 20.4. The van der Waals surface area contributed by atoms with E-state index in [9.17, 15) is 26.3 Å². The summed E-state index contributed by atoms with van der Waals surface area (Å²) >= 11 is 0. The van der Waals surface area contributed by atoms with E-state index in [0.29, 0.717) is 16.7 Å². The number of halogens is 6. The van der Waals surface area contributed by atoms with Gasteiger partial charge in [0.2, 0.25) is 0 Å². The predicted molar refractivity (Wildman–Crippen MR) is 94.3 cm³/mol. The van der Waals surface area contributed by atoms with Crippen LogP contribution in [0.4, 0.5) is 26.3 Å². The first-order chi connectivity index (χ1) is 13.1. The summed E-state index contributed by atoms with van der Waals surface area (Å²) in [6.07, 6.45) is -8.77. The molecule has 0 bridgehead atoms. The maximum atomic E-state index is 12.6. The highest BCUT2D eigenvalue weighted by molar-refractivity contribution is 5.65. The van der Waals surface area contributed by atoms with E-state index in [1.54, 1.807) is 24.3 Å². The first-order valence-corrected chi connectivity index (χ1v) is 8.10. The van der Waals surface area contributed by atoms with Crippen LogP contribution in [0.1, 0.15) is 22.3 Å². The second-order valence-corrected chi connectivity index (χ2v) is 5.98. The minimum Gasteiger partial charge on any atom is -0.166 e. The molecule has 3 aromatic rings. The van der Waals surface area contributed by atoms with E-state index in [1.807, 2.05) is 0 Å². The molecular formula is C22H12F6. The van der Waals surface area contributed by atoms with Crippen molar-refractivity contribution < 1.29 is 26.3 Å². The average molecular weight is 390 g/mol. The Hall–Kier alpha value is -3.20. The van der Waals surface area contributed by atoms with Crippen molar-refractivity contribution in [3.63, 3.8) is 0 Å². The second kappa shape index (κ2) is 7.43. The third-order valence-corrected chi connectivity index (χ3v) is 3.99. The van der Waals surface area contributed by atoms with Crippen LogP contribution >= 0.6 is 0 Å². The molecule has 28 heavy (non-hydrogen) atoms. The van der Waals surface area contributed by atoms with Gasteiger partial charge < -0.3 is 0 Å². The van der Waals surface area contributed by atoms with Crippen LogP contribution in [0.15, 0.2) is 72.8 Å². The standard InChI is InChI=1S/C22H12F6/c23-21(24,25)19-11-5-16(6-12-19)2-1-15-3-7-17(8-4-15)18-9-13-20(14-10-18)22(26,27)28/h3-14H. The molecule has 0 unspecified atom stereocenters. The van der Waals surface area contributed by atoms with Gasteiger partial charge in [-0.2, -0.15) is 26.3 Å². The summed E-state index contributed by atoms with van der Waals surface area (Å²) in [5.74, 6) is 5.63. The van der Waals surface area contributed by atoms with Gasteiger partial charge >= 0.3 is 12.4 Å². The molecule has 0 aromatic heterocycles. The molecule has 3 rings (SSSR count). The monoisotopic (exact) mass is 390 g/mol. The molecule has 0 spiro atoms. The fourth-order valence-corrected chi connectivity index (χ4v) is 2.48. The van der Waals surface area contributed by atoms with Crippen molar-refractivity contribution in [2.45, 2.75) is 12.4 Å². The first kappa shape index (κ1) is 19.6. The molecule has 0 radical (unpaired) electrons. The van der Waals surface area contributed by atoms with Crippen LogP contribution in [0.2, 0.25) is 0 Å². The van der Waals surface area contributed by atoms with E-state index in [4.69, 9.17) is 0 Å². The molecule has 0 saturated heterocycles. The molecule has 0 saturated carbocycles. The second-order valence-electron chi connectivity index (χ2n) is 5.98. The van der Waals surface area contributed by atoms with Crippen LogP contribution in [0.5, 0.6) is 0 Å². The fourth-order valence-electron chi connectivity index (χ4n) is 2.48. The molecule has 0 atom stereocenters. The van der Waals surface area contributed by atoms with Crippen molar-refractivity contribution in [2.75, 3.05) is 0 Å². The highest BCUT2D eigenvalue weighted by Gasteiger charge is 2.30. The van der Waals surface area contributed by atoms with E-state index < -0.39 is 23.5 Å². The molecule has 142 valence electrons. The van der Waals surface area contributed by atoms with E-state index >= 15 is 0 Å². The Bertz CT molecular complexity index is 997. The Morgan fingerprint density at radius 3 is 1.07 bits per heavy atom. The number of benzene rings is 3. The largest absolute Gasteiger partial charge is 0.416 e. The third-order valence-electron chi connectivity index (χ3n) is 3.99. The lowest BCUT2D eigenvalue weighted by atomic mass is 10.0. The van der Waals surface area contributed by atoms with Gasteiger partial charge in [0.25, 0.3) is 0 Å². The molecule has 3 aromatic carbocycles. The molecule has 0 N–H and O–H groups in total. The summed E-state index contributed by atoms with van der Waals surface area (Å²) in [5, 5.41) is 0. The van der Waals surface area contributed by atoms with E-state index in [2.05, 4.69) is 11.8 Å². The van der Waals surface area contributed by atoms with Crippen molar-refractivity contribution in [3.8, 4) is 23.0 Å². The fraction of sp³-hybridized carbons (Fsp3) is 0.0909. The van der Waals surface area contributed by atoms with Gasteiger partial charge in [-0.05, 0) is 59.7 Å². The van der Waals surface area contributed by atoms with Gasteiger partial charge in [-0.15, -0.1) is 0 Å². The minimum atomic E-state index is -4.39. The Morgan fingerprint density at radius 2 is 0.714 bits per heavy atom. The molecule has 6 heteroatoms. The Labute approximate surface area is 157 Å². The SMILES string of the molecule is FC(F)(F)c1ccc(C#Cc2ccc(-c3ccc(C(F)(F)F)cc3)cc2)cc1. The number of alkyl halides is 6. The van der Waals surface area contributed by atoms with Gasteiger partial charge in [0.05, 0.1) is 11.1 Å². The predicted octanol–water partition coefficient (Wildman–Crippen LogP) is 6.79. The lowest BCUT2D eigenvalue weighted by Crippen LogP contribution is -2.04. The van der Waals surface area contributed by atoms with Crippen LogP contribution in [0, 0.1) is 11.8 Å². The van der Waals surface area contributed by atoms with Crippen molar-refractivity contribution in [1.82, 2.24) is 0 Å². The Morgan fingerprint density at radius 1 is 0.429 bits per heavy atom. The van der Waals surface area contributed by atoms with Gasteiger partial charge in [0, 0.05) is 11.1 Å². The zero-order valence-electron chi connectivity index (χ0n) is 14.2. The summed E-state index contributed by atoms with van der Waals surface area (Å²) in [6, 6.07) is 16.2. The molecule has 0 amide bonds. The summed E-state index contributed by atoms with van der Waals surface area (Å²) in [7, 11) is 0. The van der Waals surface area contributed by atoms with Gasteiger partial charge in [-0.1, -0.05) is 36.1 Å². The van der Waals surface area contributed by atoms with Crippen molar-refractivity contribution in [2.24, 2.45) is 0 Å². The summed E-state index contributed by atoms with van der Waals surface area (Å²) < 4.78 is 75.4. The van der Waals surface area contributed by atoms with Gasteiger partial charge in [0.1, 0.15) is 0 Å². The topological polar surface area (TPSA) is 0 Å². The zero-order valence-corrected chi connectivity index (χ0v) is 14.2. The van der Waals surface area contributed by atoms with Crippen LogP contribution in [0.3, 0.4) is 0 Å². The maximum absolute atomic E-state index is 12.6. The Kier molecular flexibility index (Phi) is 5.19. The molecule has 0 fully saturated rings. The number of rotatable bonds is 1. The van der Waals surface area contributed by atoms with Crippen LogP contribution in [0.25, 0.3) is 11.1 Å². The van der Waals surface area contributed by atoms with Gasteiger partial charge in [-0.3, -0.25) is 0 Å². The highest BCUT2D eigenvalue weighted by atomic mass is 19.4. The number of hydrogen-bond acceptors (Lipinski definition) is 0. The van der Waals surface area contributed by atoms with E-state index in [0.717, 1.165) is 29.8 Å². The molecule has 0 aliphatic carbocycles. The van der Waals surface area contributed by atoms with Crippen molar-refractivity contribution in [1.29, 1.82) is 0 Å². The van der Waals surface area contributed by atoms with E-state index in [-0.39, 0.29) is 0 Å². The highest BCUT2D eigenvalue weighted by Crippen LogP contribution is 2.31. The summed E-state index contributed by atoms with van der Waals surface area (Å²) in [6.45, 7) is 0. The molecule has 0 aliphatic heterocycles. The lowest BCUT2D eigenvalue weighted by Gasteiger charge is -2.07. The molecule has 0 heterocycles. The quantitative estimate of drug-likeness (QED) is 0.317. The van der Waals surface area contributed by atoms with Gasteiger partial charge in [0.15, 0.2) is 0 Å². The minimum absolute atomic E-state index is 0.444.